The monoisotopic (exact) mass is 393 g/mol. The van der Waals surface area contributed by atoms with Crippen LogP contribution in [0.4, 0.5) is 0 Å². The lowest BCUT2D eigenvalue weighted by Gasteiger charge is -2.31. The van der Waals surface area contributed by atoms with E-state index in [2.05, 4.69) is 26.2 Å². The van der Waals surface area contributed by atoms with E-state index in [4.69, 9.17) is 10.2 Å². The number of oxazole rings is 1. The van der Waals surface area contributed by atoms with Gasteiger partial charge in [-0.3, -0.25) is 4.79 Å². The Morgan fingerprint density at radius 3 is 2.67 bits per heavy atom. The number of aryl methyl sites for hydroxylation is 1. The molecule has 0 radical (unpaired) electrons. The van der Waals surface area contributed by atoms with Crippen molar-refractivity contribution in [3.8, 4) is 11.3 Å². The number of rotatable bonds is 8. The number of benzene rings is 1. The summed E-state index contributed by atoms with van der Waals surface area (Å²) in [4.78, 5) is 16.5. The molecular formula is C18H24BrN3O2. The van der Waals surface area contributed by atoms with Crippen LogP contribution in [0.3, 0.4) is 0 Å². The van der Waals surface area contributed by atoms with E-state index in [1.54, 1.807) is 6.20 Å². The van der Waals surface area contributed by atoms with E-state index < -0.39 is 0 Å². The molecule has 6 heteroatoms. The minimum absolute atomic E-state index is 0.0233. The fourth-order valence-electron chi connectivity index (χ4n) is 2.56. The van der Waals surface area contributed by atoms with Gasteiger partial charge in [0.15, 0.2) is 11.7 Å². The Balaban J connectivity index is 1.96. The predicted octanol–water partition coefficient (Wildman–Crippen LogP) is 3.67. The van der Waals surface area contributed by atoms with Crippen molar-refractivity contribution in [3.63, 3.8) is 0 Å². The second-order valence-electron chi connectivity index (χ2n) is 5.84. The molecule has 130 valence electrons. The molecule has 0 fully saturated rings. The highest BCUT2D eigenvalue weighted by molar-refractivity contribution is 9.10. The van der Waals surface area contributed by atoms with Gasteiger partial charge in [0.2, 0.25) is 5.91 Å². The van der Waals surface area contributed by atoms with E-state index in [-0.39, 0.29) is 11.4 Å². The molecule has 1 aromatic carbocycles. The highest BCUT2D eigenvalue weighted by Gasteiger charge is 2.26. The van der Waals surface area contributed by atoms with Gasteiger partial charge < -0.3 is 15.5 Å². The minimum atomic E-state index is -0.312. The fourth-order valence-corrected chi connectivity index (χ4v) is 3.04. The van der Waals surface area contributed by atoms with Crippen LogP contribution in [-0.4, -0.2) is 23.0 Å². The number of hydrogen-bond donors (Lipinski definition) is 2. The van der Waals surface area contributed by atoms with Crippen LogP contribution in [0, 0.1) is 0 Å². The van der Waals surface area contributed by atoms with Crippen molar-refractivity contribution in [1.29, 1.82) is 0 Å². The van der Waals surface area contributed by atoms with E-state index in [1.165, 1.54) is 0 Å². The Kier molecular flexibility index (Phi) is 6.57. The van der Waals surface area contributed by atoms with Gasteiger partial charge in [0.25, 0.3) is 0 Å². The summed E-state index contributed by atoms with van der Waals surface area (Å²) in [5, 5.41) is 3.06. The van der Waals surface area contributed by atoms with Crippen LogP contribution in [0.25, 0.3) is 11.3 Å². The molecule has 1 aromatic heterocycles. The summed E-state index contributed by atoms with van der Waals surface area (Å²) in [6.07, 6.45) is 4.12. The molecule has 0 spiro atoms. The Bertz CT molecular complexity index is 672. The van der Waals surface area contributed by atoms with Crippen molar-refractivity contribution in [2.75, 3.05) is 6.54 Å². The molecule has 0 unspecified atom stereocenters. The minimum Gasteiger partial charge on any atom is -0.441 e. The van der Waals surface area contributed by atoms with E-state index in [0.29, 0.717) is 31.0 Å². The van der Waals surface area contributed by atoms with Crippen molar-refractivity contribution >= 4 is 21.8 Å². The summed E-state index contributed by atoms with van der Waals surface area (Å²) >= 11 is 3.50. The van der Waals surface area contributed by atoms with Gasteiger partial charge in [-0.2, -0.15) is 0 Å². The molecule has 2 rings (SSSR count). The summed E-state index contributed by atoms with van der Waals surface area (Å²) in [6.45, 7) is 4.51. The van der Waals surface area contributed by atoms with Gasteiger partial charge in [-0.15, -0.1) is 0 Å². The van der Waals surface area contributed by atoms with Crippen molar-refractivity contribution in [2.45, 2.75) is 45.1 Å². The normalized spacial score (nSPS) is 11.5. The van der Waals surface area contributed by atoms with E-state index >= 15 is 0 Å². The van der Waals surface area contributed by atoms with E-state index in [0.717, 1.165) is 22.9 Å². The number of aromatic nitrogens is 1. The van der Waals surface area contributed by atoms with Gasteiger partial charge in [-0.25, -0.2) is 4.98 Å². The van der Waals surface area contributed by atoms with Crippen LogP contribution in [0.15, 0.2) is 39.4 Å². The summed E-state index contributed by atoms with van der Waals surface area (Å²) in [6, 6.07) is 7.80. The Morgan fingerprint density at radius 2 is 2.04 bits per heavy atom. The number of carbonyl (C=O) groups is 1. The second kappa shape index (κ2) is 8.44. The van der Waals surface area contributed by atoms with Gasteiger partial charge in [0, 0.05) is 29.4 Å². The van der Waals surface area contributed by atoms with Gasteiger partial charge in [0.05, 0.1) is 11.7 Å². The van der Waals surface area contributed by atoms with Gasteiger partial charge >= 0.3 is 0 Å². The molecule has 3 N–H and O–H groups in total. The highest BCUT2D eigenvalue weighted by Crippen LogP contribution is 2.28. The predicted molar refractivity (Wildman–Crippen MR) is 98.5 cm³/mol. The summed E-state index contributed by atoms with van der Waals surface area (Å²) < 4.78 is 6.71. The molecule has 24 heavy (non-hydrogen) atoms. The zero-order chi connectivity index (χ0) is 17.6. The lowest BCUT2D eigenvalue weighted by Crippen LogP contribution is -2.52. The topological polar surface area (TPSA) is 81.1 Å². The zero-order valence-corrected chi connectivity index (χ0v) is 15.7. The molecular weight excluding hydrogens is 370 g/mol. The van der Waals surface area contributed by atoms with Crippen LogP contribution < -0.4 is 11.1 Å². The highest BCUT2D eigenvalue weighted by atomic mass is 79.9. The number of nitrogens with zero attached hydrogens (tertiary/aromatic N) is 1. The first-order valence-electron chi connectivity index (χ1n) is 8.24. The molecule has 0 saturated heterocycles. The molecule has 0 aliphatic rings. The quantitative estimate of drug-likeness (QED) is 0.716. The van der Waals surface area contributed by atoms with Crippen molar-refractivity contribution in [1.82, 2.24) is 10.3 Å². The van der Waals surface area contributed by atoms with Crippen LogP contribution in [0.2, 0.25) is 0 Å². The molecule has 0 atom stereocenters. The molecule has 5 nitrogen and oxygen atoms in total. The average Bonchev–Trinajstić information content (AvgIpc) is 3.07. The number of amides is 1. The van der Waals surface area contributed by atoms with Crippen molar-refractivity contribution < 1.29 is 9.21 Å². The fraction of sp³-hybridized carbons (Fsp3) is 0.444. The SMILES string of the molecule is CCC(CC)(CN)NC(=O)CCc1ncc(-c2ccccc2Br)o1. The first kappa shape index (κ1) is 18.7. The van der Waals surface area contributed by atoms with Gasteiger partial charge in [0.1, 0.15) is 0 Å². The molecule has 0 bridgehead atoms. The molecule has 1 heterocycles. The maximum atomic E-state index is 12.2. The second-order valence-corrected chi connectivity index (χ2v) is 6.69. The third-order valence-electron chi connectivity index (χ3n) is 4.41. The number of nitrogens with one attached hydrogen (secondary N) is 1. The third kappa shape index (κ3) is 4.45. The molecule has 0 aliphatic heterocycles. The first-order chi connectivity index (χ1) is 11.5. The number of carbonyl (C=O) groups excluding carboxylic acids is 1. The maximum absolute atomic E-state index is 12.2. The van der Waals surface area contributed by atoms with E-state index in [9.17, 15) is 4.79 Å². The summed E-state index contributed by atoms with van der Waals surface area (Å²) in [5.74, 6) is 1.23. The number of halogens is 1. The van der Waals surface area contributed by atoms with Crippen LogP contribution in [0.1, 0.15) is 39.0 Å². The largest absolute Gasteiger partial charge is 0.441 e. The number of nitrogens with two attached hydrogens (primary N) is 1. The Hall–Kier alpha value is -1.66. The Morgan fingerprint density at radius 1 is 1.33 bits per heavy atom. The Labute approximate surface area is 151 Å². The number of hydrogen-bond acceptors (Lipinski definition) is 4. The van der Waals surface area contributed by atoms with Gasteiger partial charge in [-0.1, -0.05) is 48.0 Å². The lowest BCUT2D eigenvalue weighted by atomic mass is 9.92. The third-order valence-corrected chi connectivity index (χ3v) is 5.10. The molecule has 0 aliphatic carbocycles. The lowest BCUT2D eigenvalue weighted by molar-refractivity contribution is -0.123. The molecule has 0 saturated carbocycles. The summed E-state index contributed by atoms with van der Waals surface area (Å²) in [5.41, 5.74) is 6.45. The maximum Gasteiger partial charge on any atom is 0.220 e. The van der Waals surface area contributed by atoms with Crippen LogP contribution in [0.5, 0.6) is 0 Å². The zero-order valence-electron chi connectivity index (χ0n) is 14.1. The van der Waals surface area contributed by atoms with Crippen molar-refractivity contribution in [2.24, 2.45) is 5.73 Å². The van der Waals surface area contributed by atoms with Gasteiger partial charge in [-0.05, 0) is 18.9 Å². The van der Waals surface area contributed by atoms with Crippen molar-refractivity contribution in [3.05, 3.63) is 40.8 Å². The molecule has 2 aromatic rings. The van der Waals surface area contributed by atoms with Crippen LogP contribution in [-0.2, 0) is 11.2 Å². The first-order valence-corrected chi connectivity index (χ1v) is 9.03. The van der Waals surface area contributed by atoms with E-state index in [1.807, 2.05) is 38.1 Å². The molecule has 1 amide bonds. The smallest absolute Gasteiger partial charge is 0.220 e. The average molecular weight is 394 g/mol. The van der Waals surface area contributed by atoms with Crippen LogP contribution >= 0.6 is 15.9 Å². The standard InChI is InChI=1S/C18H24BrN3O2/c1-3-18(4-2,12-20)22-16(23)9-10-17-21-11-15(24-17)13-7-5-6-8-14(13)19/h5-8,11H,3-4,9-10,12,20H2,1-2H3,(H,22,23). The summed E-state index contributed by atoms with van der Waals surface area (Å²) in [7, 11) is 0.